The molecule has 2 rings (SSSR count). The maximum Gasteiger partial charge on any atom is 0.172 e. The number of nitrogens with one attached hydrogen (secondary N) is 1. The van der Waals surface area contributed by atoms with E-state index in [4.69, 9.17) is 4.74 Å². The molecule has 0 spiro atoms. The van der Waals surface area contributed by atoms with Gasteiger partial charge in [0.25, 0.3) is 0 Å². The van der Waals surface area contributed by atoms with Crippen LogP contribution in [0.2, 0.25) is 0 Å². The molecule has 1 saturated heterocycles. The van der Waals surface area contributed by atoms with Gasteiger partial charge in [-0.1, -0.05) is 6.07 Å². The standard InChI is InChI=1S/C10H16N2OS/c11-8-9(10-2-1-7-14-10)12-3-5-13-6-4-12/h1-2,7,9H,3-6,8,11H2/p+2/t9-/m0/s1. The quantitative estimate of drug-likeness (QED) is 0.662. The summed E-state index contributed by atoms with van der Waals surface area (Å²) >= 11 is 1.85. The van der Waals surface area contributed by atoms with E-state index in [-0.39, 0.29) is 0 Å². The highest BCUT2D eigenvalue weighted by Gasteiger charge is 2.27. The summed E-state index contributed by atoms with van der Waals surface area (Å²) in [5, 5.41) is 2.15. The highest BCUT2D eigenvalue weighted by Crippen LogP contribution is 2.15. The van der Waals surface area contributed by atoms with Crippen LogP contribution in [0.1, 0.15) is 10.9 Å². The van der Waals surface area contributed by atoms with E-state index in [1.807, 2.05) is 11.3 Å². The number of hydrogen-bond donors (Lipinski definition) is 2. The summed E-state index contributed by atoms with van der Waals surface area (Å²) in [6, 6.07) is 4.94. The van der Waals surface area contributed by atoms with Gasteiger partial charge in [0.1, 0.15) is 19.6 Å². The van der Waals surface area contributed by atoms with Crippen LogP contribution in [0.5, 0.6) is 0 Å². The molecule has 4 heteroatoms. The van der Waals surface area contributed by atoms with Gasteiger partial charge in [-0.05, 0) is 11.4 Å². The minimum Gasteiger partial charge on any atom is -0.370 e. The molecule has 1 fully saturated rings. The summed E-state index contributed by atoms with van der Waals surface area (Å²) in [7, 11) is 0. The van der Waals surface area contributed by atoms with E-state index in [2.05, 4.69) is 23.2 Å². The van der Waals surface area contributed by atoms with Crippen LogP contribution in [0, 0.1) is 0 Å². The van der Waals surface area contributed by atoms with E-state index < -0.39 is 0 Å². The van der Waals surface area contributed by atoms with Crippen molar-refractivity contribution in [3.05, 3.63) is 22.4 Å². The zero-order chi connectivity index (χ0) is 9.80. The van der Waals surface area contributed by atoms with Crippen molar-refractivity contribution >= 4 is 11.3 Å². The molecule has 0 aliphatic carbocycles. The molecule has 0 saturated carbocycles. The zero-order valence-electron chi connectivity index (χ0n) is 8.37. The second kappa shape index (κ2) is 4.89. The van der Waals surface area contributed by atoms with E-state index in [1.54, 1.807) is 4.90 Å². The molecule has 0 aromatic carbocycles. The van der Waals surface area contributed by atoms with Crippen LogP contribution in [0.25, 0.3) is 0 Å². The molecule has 4 N–H and O–H groups in total. The van der Waals surface area contributed by atoms with Gasteiger partial charge in [-0.15, -0.1) is 11.3 Å². The van der Waals surface area contributed by atoms with Gasteiger partial charge in [0.2, 0.25) is 0 Å². The molecule has 0 bridgehead atoms. The second-order valence-corrected chi connectivity index (χ2v) is 4.61. The van der Waals surface area contributed by atoms with Crippen LogP contribution in [0.3, 0.4) is 0 Å². The first kappa shape index (κ1) is 10.1. The smallest absolute Gasteiger partial charge is 0.172 e. The lowest BCUT2D eigenvalue weighted by Gasteiger charge is -2.29. The predicted octanol–water partition coefficient (Wildman–Crippen LogP) is -1.05. The van der Waals surface area contributed by atoms with E-state index in [0.717, 1.165) is 32.8 Å². The predicted molar refractivity (Wildman–Crippen MR) is 56.3 cm³/mol. The third-order valence-corrected chi connectivity index (χ3v) is 3.79. The van der Waals surface area contributed by atoms with Crippen LogP contribution in [-0.2, 0) is 4.74 Å². The summed E-state index contributed by atoms with van der Waals surface area (Å²) in [6.07, 6.45) is 0. The van der Waals surface area contributed by atoms with Crippen molar-refractivity contribution in [2.45, 2.75) is 6.04 Å². The Morgan fingerprint density at radius 2 is 2.29 bits per heavy atom. The normalized spacial score (nSPS) is 20.9. The molecular weight excluding hydrogens is 196 g/mol. The van der Waals surface area contributed by atoms with Crippen LogP contribution in [-0.4, -0.2) is 32.8 Å². The van der Waals surface area contributed by atoms with Crippen molar-refractivity contribution in [3.63, 3.8) is 0 Å². The van der Waals surface area contributed by atoms with Crippen molar-refractivity contribution in [3.8, 4) is 0 Å². The molecule has 3 nitrogen and oxygen atoms in total. The molecule has 1 aliphatic heterocycles. The fraction of sp³-hybridized carbons (Fsp3) is 0.600. The summed E-state index contributed by atoms with van der Waals surface area (Å²) in [4.78, 5) is 3.10. The van der Waals surface area contributed by atoms with Gasteiger partial charge in [0.15, 0.2) is 6.04 Å². The van der Waals surface area contributed by atoms with Gasteiger partial charge in [0.05, 0.1) is 18.1 Å². The molecule has 1 aromatic rings. The average Bonchev–Trinajstić information content (AvgIpc) is 2.74. The van der Waals surface area contributed by atoms with Crippen molar-refractivity contribution < 1.29 is 15.4 Å². The molecule has 0 unspecified atom stereocenters. The van der Waals surface area contributed by atoms with Gasteiger partial charge in [-0.2, -0.15) is 0 Å². The van der Waals surface area contributed by atoms with E-state index >= 15 is 0 Å². The maximum atomic E-state index is 5.37. The first-order valence-electron chi connectivity index (χ1n) is 5.17. The third-order valence-electron chi connectivity index (χ3n) is 2.80. The summed E-state index contributed by atoms with van der Waals surface area (Å²) in [5.41, 5.74) is 4.06. The number of rotatable bonds is 3. The summed E-state index contributed by atoms with van der Waals surface area (Å²) in [5.74, 6) is 0. The van der Waals surface area contributed by atoms with Crippen LogP contribution in [0.15, 0.2) is 17.5 Å². The molecule has 14 heavy (non-hydrogen) atoms. The van der Waals surface area contributed by atoms with Gasteiger partial charge < -0.3 is 15.4 Å². The number of thiophene rings is 1. The molecule has 0 amide bonds. The lowest BCUT2D eigenvalue weighted by molar-refractivity contribution is -0.944. The van der Waals surface area contributed by atoms with Gasteiger partial charge in [0, 0.05) is 0 Å². The Kier molecular flexibility index (Phi) is 3.53. The van der Waals surface area contributed by atoms with Crippen molar-refractivity contribution in [2.24, 2.45) is 0 Å². The monoisotopic (exact) mass is 214 g/mol. The Hall–Kier alpha value is -0.420. The first-order chi connectivity index (χ1) is 6.92. The lowest BCUT2D eigenvalue weighted by atomic mass is 10.2. The Morgan fingerprint density at radius 1 is 1.50 bits per heavy atom. The van der Waals surface area contributed by atoms with Crippen LogP contribution >= 0.6 is 11.3 Å². The Labute approximate surface area is 88.5 Å². The van der Waals surface area contributed by atoms with Crippen molar-refractivity contribution in [1.82, 2.24) is 0 Å². The fourth-order valence-electron chi connectivity index (χ4n) is 2.02. The number of ether oxygens (including phenoxy) is 1. The topological polar surface area (TPSA) is 41.3 Å². The Morgan fingerprint density at radius 3 is 2.86 bits per heavy atom. The minimum atomic E-state index is 0.582. The summed E-state index contributed by atoms with van der Waals surface area (Å²) in [6.45, 7) is 5.03. The van der Waals surface area contributed by atoms with E-state index in [0.29, 0.717) is 6.04 Å². The largest absolute Gasteiger partial charge is 0.370 e. The molecule has 1 aromatic heterocycles. The van der Waals surface area contributed by atoms with E-state index in [9.17, 15) is 0 Å². The van der Waals surface area contributed by atoms with Crippen molar-refractivity contribution in [1.29, 1.82) is 0 Å². The number of hydrogen-bond acceptors (Lipinski definition) is 2. The average molecular weight is 214 g/mol. The maximum absolute atomic E-state index is 5.37. The minimum absolute atomic E-state index is 0.582. The zero-order valence-corrected chi connectivity index (χ0v) is 9.19. The molecule has 2 heterocycles. The highest BCUT2D eigenvalue weighted by molar-refractivity contribution is 7.10. The van der Waals surface area contributed by atoms with Crippen LogP contribution in [0.4, 0.5) is 0 Å². The highest BCUT2D eigenvalue weighted by atomic mass is 32.1. The fourth-order valence-corrected chi connectivity index (χ4v) is 2.94. The van der Waals surface area contributed by atoms with Gasteiger partial charge >= 0.3 is 0 Å². The lowest BCUT2D eigenvalue weighted by Crippen LogP contribution is -3.15. The van der Waals surface area contributed by atoms with Gasteiger partial charge in [-0.25, -0.2) is 0 Å². The second-order valence-electron chi connectivity index (χ2n) is 3.63. The molecule has 1 atom stereocenters. The summed E-state index contributed by atoms with van der Waals surface area (Å²) < 4.78 is 5.37. The first-order valence-corrected chi connectivity index (χ1v) is 6.04. The van der Waals surface area contributed by atoms with Crippen LogP contribution < -0.4 is 10.6 Å². The molecule has 1 aliphatic rings. The van der Waals surface area contributed by atoms with Crippen molar-refractivity contribution in [2.75, 3.05) is 32.8 Å². The number of quaternary nitrogens is 2. The Bertz CT molecular complexity index is 257. The van der Waals surface area contributed by atoms with E-state index in [1.165, 1.54) is 4.88 Å². The molecular formula is C10H18N2OS+2. The third kappa shape index (κ3) is 2.15. The number of morpholine rings is 1. The van der Waals surface area contributed by atoms with Gasteiger partial charge in [-0.3, -0.25) is 0 Å². The molecule has 0 radical (unpaired) electrons. The SMILES string of the molecule is [NH3+]C[C@@H](c1cccs1)[NH+]1CCOCC1. The Balaban J connectivity index is 2.04. The molecule has 78 valence electrons.